The van der Waals surface area contributed by atoms with Gasteiger partial charge in [0.1, 0.15) is 12.7 Å². The molecular formula is C46H82NO10P. The zero-order chi connectivity index (χ0) is 42.8. The zero-order valence-corrected chi connectivity index (χ0v) is 37.2. The lowest BCUT2D eigenvalue weighted by molar-refractivity contribution is -0.147. The van der Waals surface area contributed by atoms with Gasteiger partial charge in [-0.25, -0.2) is 9.36 Å². The number of aliphatic carboxylic acids is 1. The number of carbonyl (C=O) groups excluding carboxylic acids is 2. The van der Waals surface area contributed by atoms with Gasteiger partial charge in [0.25, 0.3) is 0 Å². The molecule has 0 aromatic rings. The summed E-state index contributed by atoms with van der Waals surface area (Å²) in [4.78, 5) is 46.0. The number of unbranched alkanes of at least 4 members (excludes halogenated alkanes) is 20. The lowest BCUT2D eigenvalue weighted by Gasteiger charge is -2.18. The number of hydrogen-bond acceptors (Lipinski definition) is 8. The van der Waals surface area contributed by atoms with Crippen molar-refractivity contribution in [3.8, 4) is 0 Å². The zero-order valence-electron chi connectivity index (χ0n) is 36.3. The quantitative estimate of drug-likeness (QED) is 0.0201. The second-order valence-corrected chi connectivity index (χ2v) is 16.7. The van der Waals surface area contributed by atoms with Crippen molar-refractivity contribution in [3.05, 3.63) is 48.6 Å². The van der Waals surface area contributed by atoms with Gasteiger partial charge in [0.05, 0.1) is 13.2 Å². The van der Waals surface area contributed by atoms with E-state index in [9.17, 15) is 34.1 Å². The number of aliphatic hydroxyl groups excluding tert-OH is 1. The van der Waals surface area contributed by atoms with Crippen molar-refractivity contribution in [2.75, 3.05) is 19.8 Å². The number of aliphatic hydroxyl groups is 1. The standard InChI is InChI=1S/C46H82NO10P/c1-3-5-7-9-11-13-15-17-19-21-23-25-27-29-31-33-35-37-44(49)47-43(46(51)52)41-57-58(53,54)56-40-42(48)39-55-45(50)38-36-34-32-30-28-26-24-22-20-18-16-14-12-10-8-6-4-2/h6,8,12,14,17-20,42-43,48H,3-5,7,9-11,13,15-16,21-41H2,1-2H3,(H,47,49)(H,51,52)(H,53,54)/b8-6-,14-12-,19-17-,20-18-. The van der Waals surface area contributed by atoms with E-state index in [4.69, 9.17) is 13.8 Å². The van der Waals surface area contributed by atoms with Gasteiger partial charge in [-0.2, -0.15) is 0 Å². The van der Waals surface area contributed by atoms with Crippen LogP contribution in [0.2, 0.25) is 0 Å². The molecule has 0 bridgehead atoms. The van der Waals surface area contributed by atoms with Crippen molar-refractivity contribution in [2.24, 2.45) is 0 Å². The van der Waals surface area contributed by atoms with Crippen molar-refractivity contribution in [3.63, 3.8) is 0 Å². The fourth-order valence-electron chi connectivity index (χ4n) is 6.09. The number of phosphoric acid groups is 1. The minimum Gasteiger partial charge on any atom is -0.480 e. The molecule has 0 aliphatic rings. The molecule has 0 spiro atoms. The number of ether oxygens (including phenoxy) is 1. The molecule has 3 unspecified atom stereocenters. The SMILES string of the molecule is CC/C=C\C/C=C\C/C=C\CCCCCCCCCC(=O)OCC(O)COP(=O)(O)OCC(NC(=O)CCCCCCCCC/C=C\CCCCCCCC)C(=O)O. The molecule has 0 radical (unpaired) electrons. The molecule has 0 heterocycles. The average Bonchev–Trinajstić information content (AvgIpc) is 3.20. The van der Waals surface area contributed by atoms with Crippen LogP contribution in [0.1, 0.15) is 194 Å². The summed E-state index contributed by atoms with van der Waals surface area (Å²) in [7, 11) is -4.76. The van der Waals surface area contributed by atoms with Crippen LogP contribution >= 0.6 is 7.82 Å². The molecule has 4 N–H and O–H groups in total. The maximum absolute atomic E-state index is 12.3. The van der Waals surface area contributed by atoms with Crippen LogP contribution in [0.4, 0.5) is 0 Å². The van der Waals surface area contributed by atoms with Crippen LogP contribution in [0, 0.1) is 0 Å². The Kier molecular flexibility index (Phi) is 39.4. The molecule has 0 aliphatic carbocycles. The molecule has 0 aromatic heterocycles. The van der Waals surface area contributed by atoms with E-state index >= 15 is 0 Å². The maximum Gasteiger partial charge on any atom is 0.472 e. The van der Waals surface area contributed by atoms with E-state index in [1.165, 1.54) is 70.6 Å². The summed E-state index contributed by atoms with van der Waals surface area (Å²) in [5.41, 5.74) is 0. The van der Waals surface area contributed by atoms with Crippen LogP contribution in [0.25, 0.3) is 0 Å². The molecular weight excluding hydrogens is 757 g/mol. The van der Waals surface area contributed by atoms with E-state index in [0.29, 0.717) is 12.8 Å². The third-order valence-electron chi connectivity index (χ3n) is 9.60. The molecule has 0 saturated carbocycles. The van der Waals surface area contributed by atoms with Crippen LogP contribution in [-0.4, -0.2) is 64.9 Å². The Morgan fingerprint density at radius 2 is 1.00 bits per heavy atom. The molecule has 1 amide bonds. The number of carboxylic acids is 1. The predicted molar refractivity (Wildman–Crippen MR) is 235 cm³/mol. The van der Waals surface area contributed by atoms with E-state index in [1.807, 2.05) is 0 Å². The second kappa shape index (κ2) is 41.2. The van der Waals surface area contributed by atoms with E-state index in [1.54, 1.807) is 0 Å². The van der Waals surface area contributed by atoms with E-state index in [-0.39, 0.29) is 12.8 Å². The Morgan fingerprint density at radius 1 is 0.569 bits per heavy atom. The first kappa shape index (κ1) is 55.4. The smallest absolute Gasteiger partial charge is 0.472 e. The highest BCUT2D eigenvalue weighted by Crippen LogP contribution is 2.43. The Morgan fingerprint density at radius 3 is 1.52 bits per heavy atom. The van der Waals surface area contributed by atoms with Gasteiger partial charge in [-0.3, -0.25) is 18.6 Å². The van der Waals surface area contributed by atoms with Gasteiger partial charge < -0.3 is 25.2 Å². The van der Waals surface area contributed by atoms with Crippen molar-refractivity contribution in [2.45, 2.75) is 206 Å². The summed E-state index contributed by atoms with van der Waals surface area (Å²) < 4.78 is 26.9. The number of rotatable bonds is 42. The third kappa shape index (κ3) is 40.2. The Labute approximate surface area is 352 Å². The van der Waals surface area contributed by atoms with Gasteiger partial charge in [-0.1, -0.05) is 159 Å². The van der Waals surface area contributed by atoms with Gasteiger partial charge in [-0.05, 0) is 70.6 Å². The minimum atomic E-state index is -4.76. The van der Waals surface area contributed by atoms with Crippen molar-refractivity contribution >= 4 is 25.7 Å². The molecule has 11 nitrogen and oxygen atoms in total. The number of carbonyl (C=O) groups is 3. The topological polar surface area (TPSA) is 169 Å². The first-order valence-electron chi connectivity index (χ1n) is 22.7. The molecule has 12 heteroatoms. The lowest BCUT2D eigenvalue weighted by Crippen LogP contribution is -2.43. The van der Waals surface area contributed by atoms with Gasteiger partial charge in [0, 0.05) is 12.8 Å². The number of allylic oxidation sites excluding steroid dienone is 8. The number of hydrogen-bond donors (Lipinski definition) is 4. The van der Waals surface area contributed by atoms with E-state index in [2.05, 4.69) is 67.8 Å². The molecule has 336 valence electrons. The number of amides is 1. The summed E-state index contributed by atoms with van der Waals surface area (Å²) in [6.45, 7) is 2.47. The van der Waals surface area contributed by atoms with Gasteiger partial charge >= 0.3 is 19.8 Å². The molecule has 0 rings (SSSR count). The van der Waals surface area contributed by atoms with Gasteiger partial charge in [0.2, 0.25) is 5.91 Å². The van der Waals surface area contributed by atoms with Crippen LogP contribution in [0.3, 0.4) is 0 Å². The van der Waals surface area contributed by atoms with Crippen LogP contribution in [0.5, 0.6) is 0 Å². The summed E-state index contributed by atoms with van der Waals surface area (Å²) in [5.74, 6) is -2.39. The third-order valence-corrected chi connectivity index (χ3v) is 10.6. The highest BCUT2D eigenvalue weighted by Gasteiger charge is 2.28. The summed E-state index contributed by atoms with van der Waals surface area (Å²) in [6.07, 6.45) is 45.6. The molecule has 0 fully saturated rings. The summed E-state index contributed by atoms with van der Waals surface area (Å²) in [6, 6.07) is -1.55. The van der Waals surface area contributed by atoms with Crippen LogP contribution in [-0.2, 0) is 32.7 Å². The largest absolute Gasteiger partial charge is 0.480 e. The van der Waals surface area contributed by atoms with Crippen molar-refractivity contribution in [1.29, 1.82) is 0 Å². The molecule has 0 aliphatic heterocycles. The van der Waals surface area contributed by atoms with Crippen LogP contribution in [0.15, 0.2) is 48.6 Å². The summed E-state index contributed by atoms with van der Waals surface area (Å²) >= 11 is 0. The maximum atomic E-state index is 12.3. The number of carboxylic acid groups (broad SMARTS) is 1. The average molecular weight is 840 g/mol. The first-order chi connectivity index (χ1) is 28.1. The van der Waals surface area contributed by atoms with Crippen molar-refractivity contribution in [1.82, 2.24) is 5.32 Å². The second-order valence-electron chi connectivity index (χ2n) is 15.2. The Bertz CT molecular complexity index is 1170. The highest BCUT2D eigenvalue weighted by atomic mass is 31.2. The first-order valence-corrected chi connectivity index (χ1v) is 24.2. The Balaban J connectivity index is 3.90. The fraction of sp³-hybridized carbons (Fsp3) is 0.761. The monoisotopic (exact) mass is 840 g/mol. The number of nitrogens with one attached hydrogen (secondary N) is 1. The summed E-state index contributed by atoms with van der Waals surface area (Å²) in [5, 5.41) is 21.8. The van der Waals surface area contributed by atoms with E-state index in [0.717, 1.165) is 83.5 Å². The molecule has 3 atom stereocenters. The molecule has 0 saturated heterocycles. The highest BCUT2D eigenvalue weighted by molar-refractivity contribution is 7.47. The normalized spacial score (nSPS) is 14.1. The van der Waals surface area contributed by atoms with Gasteiger partial charge in [-0.15, -0.1) is 0 Å². The molecule has 58 heavy (non-hydrogen) atoms. The number of esters is 1. The Hall–Kier alpha value is -2.56. The number of phosphoric ester groups is 1. The van der Waals surface area contributed by atoms with Crippen molar-refractivity contribution < 1.29 is 47.8 Å². The van der Waals surface area contributed by atoms with Crippen LogP contribution < -0.4 is 5.32 Å². The minimum absolute atomic E-state index is 0.139. The lowest BCUT2D eigenvalue weighted by atomic mass is 10.1. The van der Waals surface area contributed by atoms with Gasteiger partial charge in [0.15, 0.2) is 6.04 Å². The molecule has 0 aromatic carbocycles. The van der Waals surface area contributed by atoms with E-state index < -0.39 is 57.6 Å². The predicted octanol–water partition coefficient (Wildman–Crippen LogP) is 11.8. The fourth-order valence-corrected chi connectivity index (χ4v) is 6.86.